The molecule has 2 aromatic heterocycles. The van der Waals surface area contributed by atoms with Gasteiger partial charge in [0.2, 0.25) is 11.8 Å². The molecule has 2 amide bonds. The molecule has 6 nitrogen and oxygen atoms in total. The number of ether oxygens (including phenoxy) is 1. The van der Waals surface area contributed by atoms with Gasteiger partial charge in [0.1, 0.15) is 11.9 Å². The molecule has 2 saturated heterocycles. The van der Waals surface area contributed by atoms with Gasteiger partial charge in [0.05, 0.1) is 28.6 Å². The first-order valence-electron chi connectivity index (χ1n) is 12.6. The van der Waals surface area contributed by atoms with Crippen LogP contribution in [0.2, 0.25) is 5.02 Å². The van der Waals surface area contributed by atoms with Crippen molar-refractivity contribution in [3.8, 4) is 16.9 Å². The van der Waals surface area contributed by atoms with E-state index in [1.54, 1.807) is 17.5 Å². The minimum absolute atomic E-state index is 0.0401. The third-order valence-electron chi connectivity index (χ3n) is 9.00. The van der Waals surface area contributed by atoms with Gasteiger partial charge in [0, 0.05) is 45.7 Å². The number of halogens is 1. The molecule has 4 heterocycles. The predicted molar refractivity (Wildman–Crippen MR) is 140 cm³/mol. The Morgan fingerprint density at radius 3 is 2.56 bits per heavy atom. The van der Waals surface area contributed by atoms with Crippen molar-refractivity contribution in [3.63, 3.8) is 0 Å². The smallest absolute Gasteiger partial charge is 0.234 e. The van der Waals surface area contributed by atoms with Gasteiger partial charge in [-0.05, 0) is 55.0 Å². The van der Waals surface area contributed by atoms with Crippen LogP contribution in [0.4, 0.5) is 0 Å². The number of aromatic nitrogens is 1. The fourth-order valence-electron chi connectivity index (χ4n) is 6.53. The summed E-state index contributed by atoms with van der Waals surface area (Å²) in [5.74, 6) is 0.471. The summed E-state index contributed by atoms with van der Waals surface area (Å²) in [5.41, 5.74) is 3.91. The van der Waals surface area contributed by atoms with Crippen molar-refractivity contribution in [1.82, 2.24) is 15.2 Å². The van der Waals surface area contributed by atoms with Crippen LogP contribution in [0.15, 0.2) is 30.5 Å². The lowest BCUT2D eigenvalue weighted by Crippen LogP contribution is -2.66. The van der Waals surface area contributed by atoms with E-state index in [9.17, 15) is 9.59 Å². The van der Waals surface area contributed by atoms with Crippen molar-refractivity contribution in [1.29, 1.82) is 0 Å². The molecule has 1 N–H and O–H groups in total. The van der Waals surface area contributed by atoms with Gasteiger partial charge >= 0.3 is 0 Å². The molecule has 2 saturated carbocycles. The summed E-state index contributed by atoms with van der Waals surface area (Å²) >= 11 is 8.12. The Kier molecular flexibility index (Phi) is 4.75. The van der Waals surface area contributed by atoms with Gasteiger partial charge in [-0.25, -0.2) is 0 Å². The molecule has 4 aliphatic rings. The highest BCUT2D eigenvalue weighted by Gasteiger charge is 2.72. The molecule has 2 aliphatic carbocycles. The zero-order valence-electron chi connectivity index (χ0n) is 20.6. The Hall–Kier alpha value is -2.48. The first-order chi connectivity index (χ1) is 17.2. The largest absolute Gasteiger partial charge is 0.489 e. The van der Waals surface area contributed by atoms with E-state index in [0.29, 0.717) is 11.6 Å². The number of carbonyl (C=O) groups excluding carboxylic acids is 2. The number of aryl methyl sites for hydroxylation is 1. The number of nitrogens with zero attached hydrogens (tertiary/aromatic N) is 2. The SMILES string of the molecule is Cc1cc(Cl)cc(-c2ccnc3cc(CN4C(=O)C5C(C4=O)C5(C)C)sc23)c1OC1CCC12CNC2. The molecule has 3 unspecified atom stereocenters. The van der Waals surface area contributed by atoms with Crippen LogP contribution in [0, 0.1) is 29.6 Å². The number of amides is 2. The van der Waals surface area contributed by atoms with Crippen molar-refractivity contribution in [2.45, 2.75) is 46.3 Å². The normalized spacial score (nSPS) is 27.2. The highest BCUT2D eigenvalue weighted by Crippen LogP contribution is 2.63. The molecule has 186 valence electrons. The standard InChI is InChI=1S/C28H28ClN3O3S/c1-14-8-15(29)9-18(23(14)35-20-4-6-28(20)12-30-13-28)17-5-7-31-19-10-16(36-24(17)19)11-32-25(33)21-22(26(32)34)27(21,2)3/h5,7-10,20-22,30H,4,6,11-13H2,1-3H3. The van der Waals surface area contributed by atoms with Crippen LogP contribution in [-0.2, 0) is 16.1 Å². The van der Waals surface area contributed by atoms with Crippen molar-refractivity contribution in [2.75, 3.05) is 13.1 Å². The summed E-state index contributed by atoms with van der Waals surface area (Å²) in [7, 11) is 0. The Bertz CT molecular complexity index is 1430. The second-order valence-corrected chi connectivity index (χ2v) is 13.1. The van der Waals surface area contributed by atoms with Gasteiger partial charge < -0.3 is 10.1 Å². The van der Waals surface area contributed by atoms with E-state index in [2.05, 4.69) is 10.3 Å². The van der Waals surface area contributed by atoms with Gasteiger partial charge in [-0.2, -0.15) is 0 Å². The molecule has 3 atom stereocenters. The number of hydrogen-bond donors (Lipinski definition) is 1. The molecule has 2 aliphatic heterocycles. The van der Waals surface area contributed by atoms with E-state index in [1.807, 2.05) is 45.0 Å². The summed E-state index contributed by atoms with van der Waals surface area (Å²) in [6.07, 6.45) is 4.28. The fraction of sp³-hybridized carbons (Fsp3) is 0.464. The monoisotopic (exact) mass is 521 g/mol. The number of thiophene rings is 1. The first-order valence-corrected chi connectivity index (χ1v) is 13.8. The van der Waals surface area contributed by atoms with E-state index in [1.165, 1.54) is 11.3 Å². The molecule has 4 fully saturated rings. The molecule has 1 spiro atoms. The molecular weight excluding hydrogens is 494 g/mol. The second kappa shape index (κ2) is 7.53. The number of rotatable bonds is 5. The fourth-order valence-corrected chi connectivity index (χ4v) is 7.93. The quantitative estimate of drug-likeness (QED) is 0.467. The third kappa shape index (κ3) is 3.09. The molecule has 0 bridgehead atoms. The second-order valence-electron chi connectivity index (χ2n) is 11.5. The molecule has 1 aromatic carbocycles. The van der Waals surface area contributed by atoms with Crippen LogP contribution in [0.5, 0.6) is 5.75 Å². The maximum atomic E-state index is 12.9. The Balaban J connectivity index is 1.24. The summed E-state index contributed by atoms with van der Waals surface area (Å²) in [5, 5.41) is 4.07. The van der Waals surface area contributed by atoms with Gasteiger partial charge in [0.15, 0.2) is 0 Å². The predicted octanol–water partition coefficient (Wildman–Crippen LogP) is 5.20. The lowest BCUT2D eigenvalue weighted by molar-refractivity contribution is -0.143. The first kappa shape index (κ1) is 22.7. The number of carbonyl (C=O) groups is 2. The summed E-state index contributed by atoms with van der Waals surface area (Å²) in [6.45, 7) is 8.39. The van der Waals surface area contributed by atoms with Crippen molar-refractivity contribution >= 4 is 45.0 Å². The van der Waals surface area contributed by atoms with Crippen LogP contribution < -0.4 is 10.1 Å². The van der Waals surface area contributed by atoms with Crippen LogP contribution >= 0.6 is 22.9 Å². The van der Waals surface area contributed by atoms with Gasteiger partial charge in [0.25, 0.3) is 0 Å². The Labute approximate surface area is 219 Å². The third-order valence-corrected chi connectivity index (χ3v) is 10.4. The highest BCUT2D eigenvalue weighted by molar-refractivity contribution is 7.19. The van der Waals surface area contributed by atoms with E-state index in [-0.39, 0.29) is 40.6 Å². The molecule has 8 heteroatoms. The maximum absolute atomic E-state index is 12.9. The zero-order valence-corrected chi connectivity index (χ0v) is 22.1. The number of nitrogens with one attached hydrogen (secondary N) is 1. The number of fused-ring (bicyclic) bond motifs is 2. The van der Waals surface area contributed by atoms with E-state index in [4.69, 9.17) is 16.3 Å². The lowest BCUT2D eigenvalue weighted by atomic mass is 9.62. The van der Waals surface area contributed by atoms with Crippen molar-refractivity contribution in [2.24, 2.45) is 22.7 Å². The van der Waals surface area contributed by atoms with Crippen LogP contribution in [0.25, 0.3) is 21.3 Å². The average molecular weight is 522 g/mol. The molecule has 0 radical (unpaired) electrons. The number of benzene rings is 1. The minimum atomic E-state index is -0.199. The van der Waals surface area contributed by atoms with Crippen molar-refractivity contribution < 1.29 is 14.3 Å². The number of imide groups is 1. The number of likely N-dealkylation sites (tertiary alicyclic amines) is 1. The van der Waals surface area contributed by atoms with Crippen LogP contribution in [0.1, 0.15) is 37.1 Å². The van der Waals surface area contributed by atoms with Crippen LogP contribution in [-0.4, -0.2) is 40.9 Å². The Morgan fingerprint density at radius 1 is 1.17 bits per heavy atom. The van der Waals surface area contributed by atoms with E-state index < -0.39 is 0 Å². The van der Waals surface area contributed by atoms with Crippen molar-refractivity contribution in [3.05, 3.63) is 45.9 Å². The lowest BCUT2D eigenvalue weighted by Gasteiger charge is -2.55. The average Bonchev–Trinajstić information content (AvgIpc) is 3.02. The van der Waals surface area contributed by atoms with Crippen LogP contribution in [0.3, 0.4) is 0 Å². The highest BCUT2D eigenvalue weighted by atomic mass is 35.5. The number of hydrogen-bond acceptors (Lipinski definition) is 6. The van der Waals surface area contributed by atoms with E-state index in [0.717, 1.165) is 57.0 Å². The minimum Gasteiger partial charge on any atom is -0.489 e. The molecule has 7 rings (SSSR count). The molecular formula is C28H28ClN3O3S. The van der Waals surface area contributed by atoms with Gasteiger partial charge in [-0.1, -0.05) is 25.4 Å². The zero-order chi connectivity index (χ0) is 25.0. The molecule has 3 aromatic rings. The summed E-state index contributed by atoms with van der Waals surface area (Å²) in [4.78, 5) is 32.7. The number of piperidine rings is 1. The van der Waals surface area contributed by atoms with E-state index >= 15 is 0 Å². The molecule has 36 heavy (non-hydrogen) atoms. The van der Waals surface area contributed by atoms with Gasteiger partial charge in [-0.15, -0.1) is 11.3 Å². The van der Waals surface area contributed by atoms with Gasteiger partial charge in [-0.3, -0.25) is 19.5 Å². The topological polar surface area (TPSA) is 71.5 Å². The number of pyridine rings is 1. The summed E-state index contributed by atoms with van der Waals surface area (Å²) < 4.78 is 7.71. The summed E-state index contributed by atoms with van der Waals surface area (Å²) in [6, 6.07) is 7.94. The maximum Gasteiger partial charge on any atom is 0.234 e. The Morgan fingerprint density at radius 2 is 1.92 bits per heavy atom.